The zero-order valence-electron chi connectivity index (χ0n) is 11.5. The van der Waals surface area contributed by atoms with Crippen LogP contribution in [0.5, 0.6) is 0 Å². The molecule has 20 heavy (non-hydrogen) atoms. The normalized spacial score (nSPS) is 10.7. The molecule has 6 heteroatoms. The van der Waals surface area contributed by atoms with Crippen molar-refractivity contribution in [2.24, 2.45) is 0 Å². The van der Waals surface area contributed by atoms with Crippen LogP contribution in [0.4, 0.5) is 5.69 Å². The van der Waals surface area contributed by atoms with E-state index in [0.717, 1.165) is 25.1 Å². The fraction of sp³-hybridized carbons (Fsp3) is 0.357. The molecule has 0 spiro atoms. The van der Waals surface area contributed by atoms with Gasteiger partial charge < -0.3 is 9.88 Å². The third kappa shape index (κ3) is 3.89. The van der Waals surface area contributed by atoms with Gasteiger partial charge in [-0.3, -0.25) is 10.1 Å². The summed E-state index contributed by atoms with van der Waals surface area (Å²) in [5.41, 5.74) is 1.81. The van der Waals surface area contributed by atoms with E-state index in [1.807, 2.05) is 16.8 Å². The van der Waals surface area contributed by atoms with Gasteiger partial charge in [-0.15, -0.1) is 0 Å². The van der Waals surface area contributed by atoms with Gasteiger partial charge in [0.25, 0.3) is 5.69 Å². The molecule has 6 nitrogen and oxygen atoms in total. The molecule has 0 aliphatic rings. The number of aryl methyl sites for hydroxylation is 2. The molecular formula is C14H18N4O2. The van der Waals surface area contributed by atoms with E-state index < -0.39 is 0 Å². The predicted octanol–water partition coefficient (Wildman–Crippen LogP) is 2.28. The number of rotatable bonds is 7. The highest BCUT2D eigenvalue weighted by Gasteiger charge is 2.10. The van der Waals surface area contributed by atoms with Crippen molar-refractivity contribution in [2.45, 2.75) is 26.4 Å². The van der Waals surface area contributed by atoms with E-state index in [1.165, 1.54) is 0 Å². The quantitative estimate of drug-likeness (QED) is 0.477. The lowest BCUT2D eigenvalue weighted by Gasteiger charge is -2.06. The number of hydrogen-bond donors (Lipinski definition) is 1. The molecule has 0 saturated carbocycles. The lowest BCUT2D eigenvalue weighted by Crippen LogP contribution is -2.16. The van der Waals surface area contributed by atoms with Crippen LogP contribution in [0.3, 0.4) is 0 Å². The minimum Gasteiger partial charge on any atom is -0.337 e. The van der Waals surface area contributed by atoms with Crippen molar-refractivity contribution in [3.8, 4) is 0 Å². The number of nitro groups is 1. The Bertz CT molecular complexity index is 567. The second-order valence-corrected chi connectivity index (χ2v) is 4.71. The van der Waals surface area contributed by atoms with Crippen molar-refractivity contribution in [3.05, 3.63) is 58.2 Å². The zero-order valence-corrected chi connectivity index (χ0v) is 11.5. The molecule has 1 aromatic carbocycles. The lowest BCUT2D eigenvalue weighted by molar-refractivity contribution is -0.385. The molecular weight excluding hydrogens is 256 g/mol. The third-order valence-electron chi connectivity index (χ3n) is 3.13. The van der Waals surface area contributed by atoms with Crippen LogP contribution in [-0.4, -0.2) is 21.0 Å². The molecule has 0 fully saturated rings. The highest BCUT2D eigenvalue weighted by molar-refractivity contribution is 5.42. The van der Waals surface area contributed by atoms with Crippen molar-refractivity contribution in [3.63, 3.8) is 0 Å². The molecule has 2 rings (SSSR count). The molecule has 2 aromatic rings. The molecule has 0 saturated heterocycles. The minimum absolute atomic E-state index is 0.183. The van der Waals surface area contributed by atoms with Gasteiger partial charge in [-0.25, -0.2) is 4.98 Å². The Kier molecular flexibility index (Phi) is 4.84. The molecule has 0 aliphatic carbocycles. The number of aromatic nitrogens is 2. The number of benzene rings is 1. The summed E-state index contributed by atoms with van der Waals surface area (Å²) in [6.07, 6.45) is 6.48. The Morgan fingerprint density at radius 1 is 1.45 bits per heavy atom. The molecule has 1 N–H and O–H groups in total. The molecule has 1 aromatic heterocycles. The van der Waals surface area contributed by atoms with Crippen LogP contribution in [0.1, 0.15) is 17.5 Å². The maximum atomic E-state index is 10.9. The first-order valence-corrected chi connectivity index (χ1v) is 6.57. The van der Waals surface area contributed by atoms with Crippen LogP contribution in [0.2, 0.25) is 0 Å². The Labute approximate surface area is 117 Å². The van der Waals surface area contributed by atoms with Gasteiger partial charge in [0.05, 0.1) is 11.3 Å². The summed E-state index contributed by atoms with van der Waals surface area (Å²) in [5, 5.41) is 14.2. The van der Waals surface area contributed by atoms with E-state index in [9.17, 15) is 10.1 Å². The Balaban J connectivity index is 1.76. The van der Waals surface area contributed by atoms with Crippen LogP contribution in [0.15, 0.2) is 36.9 Å². The van der Waals surface area contributed by atoms with E-state index in [4.69, 9.17) is 0 Å². The number of nitrogens with one attached hydrogen (secondary N) is 1. The Morgan fingerprint density at radius 2 is 2.30 bits per heavy atom. The summed E-state index contributed by atoms with van der Waals surface area (Å²) >= 11 is 0. The van der Waals surface area contributed by atoms with E-state index in [-0.39, 0.29) is 10.6 Å². The molecule has 1 heterocycles. The topological polar surface area (TPSA) is 73.0 Å². The van der Waals surface area contributed by atoms with Crippen molar-refractivity contribution in [2.75, 3.05) is 6.54 Å². The second-order valence-electron chi connectivity index (χ2n) is 4.71. The smallest absolute Gasteiger partial charge is 0.272 e. The highest BCUT2D eigenvalue weighted by Crippen LogP contribution is 2.18. The Morgan fingerprint density at radius 3 is 3.00 bits per heavy atom. The van der Waals surface area contributed by atoms with Crippen LogP contribution in [-0.2, 0) is 13.1 Å². The van der Waals surface area contributed by atoms with Gasteiger partial charge in [-0.1, -0.05) is 12.1 Å². The van der Waals surface area contributed by atoms with Crippen molar-refractivity contribution in [1.29, 1.82) is 0 Å². The summed E-state index contributed by atoms with van der Waals surface area (Å²) in [6.45, 7) is 4.17. The van der Waals surface area contributed by atoms with Crippen molar-refractivity contribution in [1.82, 2.24) is 14.9 Å². The molecule has 0 radical (unpaired) electrons. The molecule has 0 atom stereocenters. The largest absolute Gasteiger partial charge is 0.337 e. The standard InChI is InChI=1S/C14H18N4O2/c1-12-3-4-13(9-14(12)18(19)20)10-15-5-2-7-17-8-6-16-11-17/h3-4,6,8-9,11,15H,2,5,7,10H2,1H3. The summed E-state index contributed by atoms with van der Waals surface area (Å²) in [4.78, 5) is 14.5. The van der Waals surface area contributed by atoms with Crippen LogP contribution < -0.4 is 5.32 Å². The van der Waals surface area contributed by atoms with E-state index in [2.05, 4.69) is 10.3 Å². The first-order chi connectivity index (χ1) is 9.66. The maximum absolute atomic E-state index is 10.9. The molecule has 0 unspecified atom stereocenters. The number of hydrogen-bond acceptors (Lipinski definition) is 4. The number of nitro benzene ring substituents is 1. The SMILES string of the molecule is Cc1ccc(CNCCCn2ccnc2)cc1[N+](=O)[O-]. The maximum Gasteiger partial charge on any atom is 0.272 e. The van der Waals surface area contributed by atoms with Gasteiger partial charge in [0.1, 0.15) is 0 Å². The first kappa shape index (κ1) is 14.2. The summed E-state index contributed by atoms with van der Waals surface area (Å²) in [5.74, 6) is 0. The van der Waals surface area contributed by atoms with Crippen molar-refractivity contribution < 1.29 is 4.92 Å². The van der Waals surface area contributed by atoms with Gasteiger partial charge in [0.2, 0.25) is 0 Å². The van der Waals surface area contributed by atoms with Gasteiger partial charge in [0, 0.05) is 37.1 Å². The van der Waals surface area contributed by atoms with Crippen LogP contribution in [0.25, 0.3) is 0 Å². The third-order valence-corrected chi connectivity index (χ3v) is 3.13. The molecule has 106 valence electrons. The molecule has 0 aliphatic heterocycles. The summed E-state index contributed by atoms with van der Waals surface area (Å²) < 4.78 is 2.03. The lowest BCUT2D eigenvalue weighted by atomic mass is 10.1. The fourth-order valence-corrected chi connectivity index (χ4v) is 2.00. The molecule has 0 amide bonds. The zero-order chi connectivity index (χ0) is 14.4. The summed E-state index contributed by atoms with van der Waals surface area (Å²) in [6, 6.07) is 5.35. The average Bonchev–Trinajstić information content (AvgIpc) is 2.93. The van der Waals surface area contributed by atoms with Gasteiger partial charge in [-0.05, 0) is 25.5 Å². The minimum atomic E-state index is -0.335. The average molecular weight is 274 g/mol. The van der Waals surface area contributed by atoms with Crippen molar-refractivity contribution >= 4 is 5.69 Å². The van der Waals surface area contributed by atoms with Crippen LogP contribution >= 0.6 is 0 Å². The van der Waals surface area contributed by atoms with Gasteiger partial charge in [0.15, 0.2) is 0 Å². The Hall–Kier alpha value is -2.21. The second kappa shape index (κ2) is 6.81. The van der Waals surface area contributed by atoms with Gasteiger partial charge in [-0.2, -0.15) is 0 Å². The number of imidazole rings is 1. The van der Waals surface area contributed by atoms with Crippen LogP contribution in [0, 0.1) is 17.0 Å². The van der Waals surface area contributed by atoms with E-state index in [0.29, 0.717) is 12.1 Å². The number of nitrogens with zero attached hydrogens (tertiary/aromatic N) is 3. The fourth-order valence-electron chi connectivity index (χ4n) is 2.00. The van der Waals surface area contributed by atoms with Gasteiger partial charge >= 0.3 is 0 Å². The highest BCUT2D eigenvalue weighted by atomic mass is 16.6. The first-order valence-electron chi connectivity index (χ1n) is 6.57. The molecule has 0 bridgehead atoms. The summed E-state index contributed by atoms with van der Waals surface area (Å²) in [7, 11) is 0. The monoisotopic (exact) mass is 274 g/mol. The predicted molar refractivity (Wildman–Crippen MR) is 76.4 cm³/mol. The van der Waals surface area contributed by atoms with E-state index >= 15 is 0 Å². The van der Waals surface area contributed by atoms with E-state index in [1.54, 1.807) is 31.6 Å².